The molecule has 0 spiro atoms. The van der Waals surface area contributed by atoms with E-state index in [1.807, 2.05) is 30.5 Å². The number of halogens is 1. The summed E-state index contributed by atoms with van der Waals surface area (Å²) in [6, 6.07) is 10.9. The smallest absolute Gasteiger partial charge is 0.274 e. The number of fused-ring (bicyclic) bond motifs is 1. The van der Waals surface area contributed by atoms with Crippen LogP contribution in [-0.4, -0.2) is 21.8 Å². The Morgan fingerprint density at radius 1 is 1.27 bits per heavy atom. The summed E-state index contributed by atoms with van der Waals surface area (Å²) >= 11 is 6.06. The number of hydrogen-bond donors (Lipinski definition) is 2. The standard InChI is InChI=1S/C16H15ClN4O/c17-12-3-1-2-4-13(12)20-16(22)14-9-19-15-6-5-11(7-8-18)10-21(14)15/h1-6,9-10H,7-8,18H2,(H,20,22). The molecule has 0 fully saturated rings. The second kappa shape index (κ2) is 6.17. The highest BCUT2D eigenvalue weighted by atomic mass is 35.5. The maximum absolute atomic E-state index is 12.5. The second-order valence-corrected chi connectivity index (χ2v) is 5.29. The second-order valence-electron chi connectivity index (χ2n) is 4.88. The molecule has 0 aliphatic rings. The number of nitrogens with zero attached hydrogens (tertiary/aromatic N) is 2. The van der Waals surface area contributed by atoms with E-state index < -0.39 is 0 Å². The van der Waals surface area contributed by atoms with Gasteiger partial charge in [0.25, 0.3) is 5.91 Å². The SMILES string of the molecule is NCCc1ccc2ncc(C(=O)Nc3ccccc3Cl)n2c1. The number of anilines is 1. The zero-order chi connectivity index (χ0) is 15.5. The number of benzene rings is 1. The largest absolute Gasteiger partial charge is 0.330 e. The molecule has 3 aromatic rings. The van der Waals surface area contributed by atoms with E-state index in [0.717, 1.165) is 12.0 Å². The minimum Gasteiger partial charge on any atom is -0.330 e. The molecule has 1 amide bonds. The number of nitrogens with two attached hydrogens (primary N) is 1. The number of para-hydroxylation sites is 1. The van der Waals surface area contributed by atoms with Gasteiger partial charge in [-0.15, -0.1) is 0 Å². The third-order valence-corrected chi connectivity index (χ3v) is 3.68. The van der Waals surface area contributed by atoms with Crippen LogP contribution in [-0.2, 0) is 6.42 Å². The monoisotopic (exact) mass is 314 g/mol. The van der Waals surface area contributed by atoms with Crippen molar-refractivity contribution in [2.75, 3.05) is 11.9 Å². The fourth-order valence-electron chi connectivity index (χ4n) is 2.26. The fourth-order valence-corrected chi connectivity index (χ4v) is 2.44. The van der Waals surface area contributed by atoms with Gasteiger partial charge in [0.2, 0.25) is 0 Å². The first kappa shape index (κ1) is 14.6. The predicted molar refractivity (Wildman–Crippen MR) is 87.4 cm³/mol. The van der Waals surface area contributed by atoms with Crippen molar-refractivity contribution in [3.8, 4) is 0 Å². The normalized spacial score (nSPS) is 10.8. The minimum atomic E-state index is -0.259. The first-order valence-corrected chi connectivity index (χ1v) is 7.29. The Labute approximate surface area is 132 Å². The molecule has 0 unspecified atom stereocenters. The summed E-state index contributed by atoms with van der Waals surface area (Å²) in [5.74, 6) is -0.259. The third-order valence-electron chi connectivity index (χ3n) is 3.35. The van der Waals surface area contributed by atoms with Gasteiger partial charge in [-0.05, 0) is 36.7 Å². The van der Waals surface area contributed by atoms with Crippen LogP contribution in [0.5, 0.6) is 0 Å². The molecule has 0 saturated carbocycles. The number of amides is 1. The van der Waals surface area contributed by atoms with Crippen LogP contribution in [0.3, 0.4) is 0 Å². The van der Waals surface area contributed by atoms with Crippen LogP contribution in [0.1, 0.15) is 16.1 Å². The summed E-state index contributed by atoms with van der Waals surface area (Å²) in [5.41, 5.74) is 8.37. The molecule has 3 N–H and O–H groups in total. The van der Waals surface area contributed by atoms with Gasteiger partial charge in [0.05, 0.1) is 16.9 Å². The lowest BCUT2D eigenvalue weighted by Crippen LogP contribution is -2.15. The molecule has 22 heavy (non-hydrogen) atoms. The summed E-state index contributed by atoms with van der Waals surface area (Å²) in [6.07, 6.45) is 4.18. The average Bonchev–Trinajstić information content (AvgIpc) is 2.93. The summed E-state index contributed by atoms with van der Waals surface area (Å²) in [4.78, 5) is 16.7. The molecule has 3 rings (SSSR count). The highest BCUT2D eigenvalue weighted by Crippen LogP contribution is 2.21. The van der Waals surface area contributed by atoms with E-state index in [9.17, 15) is 4.79 Å². The Balaban J connectivity index is 1.93. The lowest BCUT2D eigenvalue weighted by Gasteiger charge is -2.07. The molecule has 1 aromatic carbocycles. The molecule has 0 bridgehead atoms. The van der Waals surface area contributed by atoms with Crippen LogP contribution < -0.4 is 11.1 Å². The Hall–Kier alpha value is -2.37. The van der Waals surface area contributed by atoms with Gasteiger partial charge in [-0.3, -0.25) is 9.20 Å². The van der Waals surface area contributed by atoms with E-state index in [2.05, 4.69) is 10.3 Å². The van der Waals surface area contributed by atoms with Gasteiger partial charge >= 0.3 is 0 Å². The van der Waals surface area contributed by atoms with Crippen LogP contribution in [0.2, 0.25) is 5.02 Å². The van der Waals surface area contributed by atoms with Crippen molar-refractivity contribution in [3.05, 3.63) is 65.1 Å². The van der Waals surface area contributed by atoms with Gasteiger partial charge in [0.15, 0.2) is 0 Å². The van der Waals surface area contributed by atoms with Crippen molar-refractivity contribution >= 4 is 28.8 Å². The number of carbonyl (C=O) groups excluding carboxylic acids is 1. The summed E-state index contributed by atoms with van der Waals surface area (Å²) in [7, 11) is 0. The molecule has 6 heteroatoms. The van der Waals surface area contributed by atoms with Gasteiger partial charge < -0.3 is 11.1 Å². The number of hydrogen-bond acceptors (Lipinski definition) is 3. The molecule has 5 nitrogen and oxygen atoms in total. The lowest BCUT2D eigenvalue weighted by molar-refractivity contribution is 0.102. The van der Waals surface area contributed by atoms with Crippen LogP contribution in [0.4, 0.5) is 5.69 Å². The van der Waals surface area contributed by atoms with E-state index in [1.54, 1.807) is 22.7 Å². The molecule has 2 heterocycles. The first-order chi connectivity index (χ1) is 10.7. The zero-order valence-electron chi connectivity index (χ0n) is 11.8. The number of aromatic nitrogens is 2. The number of rotatable bonds is 4. The zero-order valence-corrected chi connectivity index (χ0v) is 12.5. The van der Waals surface area contributed by atoms with E-state index in [1.165, 1.54) is 0 Å². The molecular formula is C16H15ClN4O. The van der Waals surface area contributed by atoms with Gasteiger partial charge in [-0.2, -0.15) is 0 Å². The lowest BCUT2D eigenvalue weighted by atomic mass is 10.2. The minimum absolute atomic E-state index is 0.259. The fraction of sp³-hybridized carbons (Fsp3) is 0.125. The van der Waals surface area contributed by atoms with Gasteiger partial charge in [0, 0.05) is 6.20 Å². The Kier molecular flexibility index (Phi) is 4.09. The summed E-state index contributed by atoms with van der Waals surface area (Å²) < 4.78 is 1.76. The predicted octanol–water partition coefficient (Wildman–Crippen LogP) is 2.74. The molecule has 112 valence electrons. The van der Waals surface area contributed by atoms with Crippen LogP contribution in [0, 0.1) is 0 Å². The topological polar surface area (TPSA) is 72.4 Å². The molecule has 0 atom stereocenters. The highest BCUT2D eigenvalue weighted by Gasteiger charge is 2.13. The van der Waals surface area contributed by atoms with E-state index in [0.29, 0.717) is 28.6 Å². The van der Waals surface area contributed by atoms with Crippen LogP contribution in [0.15, 0.2) is 48.8 Å². The Morgan fingerprint density at radius 3 is 2.86 bits per heavy atom. The number of carbonyl (C=O) groups is 1. The maximum atomic E-state index is 12.5. The number of pyridine rings is 1. The number of nitrogens with one attached hydrogen (secondary N) is 1. The Bertz CT molecular complexity index is 828. The molecule has 0 aliphatic carbocycles. The van der Waals surface area contributed by atoms with E-state index in [-0.39, 0.29) is 5.91 Å². The van der Waals surface area contributed by atoms with Crippen molar-refractivity contribution in [1.82, 2.24) is 9.38 Å². The summed E-state index contributed by atoms with van der Waals surface area (Å²) in [5, 5.41) is 3.29. The van der Waals surface area contributed by atoms with Gasteiger partial charge in [0.1, 0.15) is 11.3 Å². The average molecular weight is 315 g/mol. The maximum Gasteiger partial charge on any atom is 0.274 e. The van der Waals surface area contributed by atoms with Crippen molar-refractivity contribution in [2.24, 2.45) is 5.73 Å². The van der Waals surface area contributed by atoms with E-state index >= 15 is 0 Å². The molecular weight excluding hydrogens is 300 g/mol. The van der Waals surface area contributed by atoms with Crippen molar-refractivity contribution in [3.63, 3.8) is 0 Å². The Morgan fingerprint density at radius 2 is 2.09 bits per heavy atom. The first-order valence-electron chi connectivity index (χ1n) is 6.91. The molecule has 0 aliphatic heterocycles. The molecule has 0 radical (unpaired) electrons. The van der Waals surface area contributed by atoms with Crippen LogP contribution in [0.25, 0.3) is 5.65 Å². The van der Waals surface area contributed by atoms with Crippen molar-refractivity contribution in [2.45, 2.75) is 6.42 Å². The third kappa shape index (κ3) is 2.81. The number of imidazole rings is 1. The summed E-state index contributed by atoms with van der Waals surface area (Å²) in [6.45, 7) is 0.557. The molecule has 2 aromatic heterocycles. The van der Waals surface area contributed by atoms with Crippen molar-refractivity contribution < 1.29 is 4.79 Å². The van der Waals surface area contributed by atoms with Crippen LogP contribution >= 0.6 is 11.6 Å². The van der Waals surface area contributed by atoms with Gasteiger partial charge in [-0.1, -0.05) is 29.8 Å². The van der Waals surface area contributed by atoms with E-state index in [4.69, 9.17) is 17.3 Å². The quantitative estimate of drug-likeness (QED) is 0.777. The highest BCUT2D eigenvalue weighted by molar-refractivity contribution is 6.33. The molecule has 0 saturated heterocycles. The van der Waals surface area contributed by atoms with Crippen molar-refractivity contribution in [1.29, 1.82) is 0 Å². The van der Waals surface area contributed by atoms with Gasteiger partial charge in [-0.25, -0.2) is 4.98 Å².